The number of hydrogen-bond acceptors (Lipinski definition) is 7. The molecule has 148 valence electrons. The van der Waals surface area contributed by atoms with Crippen molar-refractivity contribution in [2.24, 2.45) is 0 Å². The number of fused-ring (bicyclic) bond motifs is 2. The summed E-state index contributed by atoms with van der Waals surface area (Å²) in [7, 11) is 4.16. The zero-order valence-electron chi connectivity index (χ0n) is 16.3. The Kier molecular flexibility index (Phi) is 5.82. The van der Waals surface area contributed by atoms with Crippen molar-refractivity contribution in [3.05, 3.63) is 30.5 Å². The van der Waals surface area contributed by atoms with E-state index in [2.05, 4.69) is 57.5 Å². The number of aliphatic hydroxyl groups excluding tert-OH is 1. The molecule has 3 heterocycles. The Hall–Kier alpha value is -2.13. The van der Waals surface area contributed by atoms with Gasteiger partial charge in [-0.1, -0.05) is 11.8 Å². The minimum Gasteiger partial charge on any atom is -0.395 e. The second kappa shape index (κ2) is 8.48. The molecule has 0 fully saturated rings. The second-order valence-electron chi connectivity index (χ2n) is 7.06. The summed E-state index contributed by atoms with van der Waals surface area (Å²) in [5.74, 6) is 0. The minimum atomic E-state index is 0.159. The molecule has 0 amide bonds. The number of aromatic nitrogens is 3. The lowest BCUT2D eigenvalue weighted by Crippen LogP contribution is -2.25. The SMILES string of the molecule is CN(C)CCn1nc2c3c(c(NCCNCCO)ccc31)Sc1cccnc1-2. The van der Waals surface area contributed by atoms with E-state index in [-0.39, 0.29) is 6.61 Å². The maximum absolute atomic E-state index is 8.89. The van der Waals surface area contributed by atoms with Crippen molar-refractivity contribution in [1.29, 1.82) is 0 Å². The predicted molar refractivity (Wildman–Crippen MR) is 114 cm³/mol. The van der Waals surface area contributed by atoms with Gasteiger partial charge in [0.05, 0.1) is 18.7 Å². The summed E-state index contributed by atoms with van der Waals surface area (Å²) < 4.78 is 2.10. The Labute approximate surface area is 169 Å². The standard InChI is InChI=1S/C20H26N6OS/c1-25(2)11-12-26-15-6-5-14(22-9-8-21-10-13-27)20-17(15)19(24-26)18-16(28-20)4-3-7-23-18/h3-7,21-22,27H,8-13H2,1-2H3. The van der Waals surface area contributed by atoms with Gasteiger partial charge in [-0.25, -0.2) is 0 Å². The van der Waals surface area contributed by atoms with Crippen LogP contribution in [0.4, 0.5) is 5.69 Å². The Morgan fingerprint density at radius 3 is 2.86 bits per heavy atom. The van der Waals surface area contributed by atoms with Gasteiger partial charge in [0.15, 0.2) is 0 Å². The fourth-order valence-corrected chi connectivity index (χ4v) is 4.53. The molecule has 0 bridgehead atoms. The van der Waals surface area contributed by atoms with Crippen molar-refractivity contribution in [2.45, 2.75) is 16.3 Å². The van der Waals surface area contributed by atoms with Crippen LogP contribution in [0, 0.1) is 0 Å². The summed E-state index contributed by atoms with van der Waals surface area (Å²) >= 11 is 1.76. The van der Waals surface area contributed by atoms with Crippen LogP contribution in [0.5, 0.6) is 0 Å². The molecule has 28 heavy (non-hydrogen) atoms. The van der Waals surface area contributed by atoms with Crippen molar-refractivity contribution < 1.29 is 5.11 Å². The average Bonchev–Trinajstić information content (AvgIpc) is 3.07. The largest absolute Gasteiger partial charge is 0.395 e. The van der Waals surface area contributed by atoms with Crippen LogP contribution in [0.1, 0.15) is 0 Å². The van der Waals surface area contributed by atoms with Crippen LogP contribution in [0.25, 0.3) is 22.3 Å². The molecule has 0 spiro atoms. The van der Waals surface area contributed by atoms with Crippen molar-refractivity contribution in [3.63, 3.8) is 0 Å². The van der Waals surface area contributed by atoms with Gasteiger partial charge in [0.1, 0.15) is 11.4 Å². The van der Waals surface area contributed by atoms with Crippen molar-refractivity contribution in [3.8, 4) is 11.4 Å². The van der Waals surface area contributed by atoms with Gasteiger partial charge in [-0.15, -0.1) is 0 Å². The van der Waals surface area contributed by atoms with Crippen LogP contribution in [0.15, 0.2) is 40.3 Å². The molecule has 3 aromatic rings. The molecule has 4 rings (SSSR count). The highest BCUT2D eigenvalue weighted by molar-refractivity contribution is 8.00. The highest BCUT2D eigenvalue weighted by Crippen LogP contribution is 2.49. The van der Waals surface area contributed by atoms with Gasteiger partial charge in [-0.05, 0) is 38.4 Å². The molecule has 0 radical (unpaired) electrons. The molecular weight excluding hydrogens is 372 g/mol. The van der Waals surface area contributed by atoms with Gasteiger partial charge in [0.2, 0.25) is 0 Å². The van der Waals surface area contributed by atoms with Gasteiger partial charge in [-0.3, -0.25) is 9.67 Å². The monoisotopic (exact) mass is 398 g/mol. The number of hydrogen-bond donors (Lipinski definition) is 3. The van der Waals surface area contributed by atoms with E-state index in [4.69, 9.17) is 10.2 Å². The summed E-state index contributed by atoms with van der Waals surface area (Å²) in [5, 5.41) is 21.8. The van der Waals surface area contributed by atoms with E-state index in [0.29, 0.717) is 6.54 Å². The molecule has 0 saturated heterocycles. The lowest BCUT2D eigenvalue weighted by molar-refractivity contribution is 0.293. The molecule has 0 saturated carbocycles. The van der Waals surface area contributed by atoms with Gasteiger partial charge in [0, 0.05) is 53.2 Å². The maximum Gasteiger partial charge on any atom is 0.121 e. The molecule has 1 aliphatic rings. The zero-order chi connectivity index (χ0) is 19.5. The van der Waals surface area contributed by atoms with Crippen molar-refractivity contribution >= 4 is 28.4 Å². The van der Waals surface area contributed by atoms with Crippen LogP contribution in [0.3, 0.4) is 0 Å². The van der Waals surface area contributed by atoms with E-state index in [1.165, 1.54) is 10.3 Å². The number of benzene rings is 1. The quantitative estimate of drug-likeness (QED) is 0.373. The first-order valence-corrected chi connectivity index (χ1v) is 10.4. The second-order valence-corrected chi connectivity index (χ2v) is 8.12. The van der Waals surface area contributed by atoms with Gasteiger partial charge < -0.3 is 20.6 Å². The fourth-order valence-electron chi connectivity index (χ4n) is 3.37. The third-order valence-corrected chi connectivity index (χ3v) is 5.92. The first-order valence-electron chi connectivity index (χ1n) is 9.56. The van der Waals surface area contributed by atoms with E-state index in [0.717, 1.165) is 53.7 Å². The van der Waals surface area contributed by atoms with Crippen LogP contribution < -0.4 is 10.6 Å². The molecule has 1 aromatic carbocycles. The van der Waals surface area contributed by atoms with Gasteiger partial charge >= 0.3 is 0 Å². The Bertz CT molecular complexity index is 971. The third kappa shape index (κ3) is 3.73. The Morgan fingerprint density at radius 2 is 2.04 bits per heavy atom. The molecule has 0 atom stereocenters. The first-order chi connectivity index (χ1) is 13.7. The molecule has 0 aliphatic carbocycles. The number of likely N-dealkylation sites (N-methyl/N-ethyl adjacent to an activating group) is 1. The number of anilines is 1. The molecule has 3 N–H and O–H groups in total. The smallest absolute Gasteiger partial charge is 0.121 e. The van der Waals surface area contributed by atoms with Gasteiger partial charge in [0.25, 0.3) is 0 Å². The first kappa shape index (κ1) is 19.2. The fraction of sp³-hybridized carbons (Fsp3) is 0.400. The summed E-state index contributed by atoms with van der Waals surface area (Å²) in [6, 6.07) is 8.39. The highest BCUT2D eigenvalue weighted by Gasteiger charge is 2.26. The van der Waals surface area contributed by atoms with Gasteiger partial charge in [-0.2, -0.15) is 5.10 Å². The van der Waals surface area contributed by atoms with E-state index >= 15 is 0 Å². The number of nitrogens with one attached hydrogen (secondary N) is 2. The zero-order valence-corrected chi connectivity index (χ0v) is 17.1. The molecule has 8 heteroatoms. The Morgan fingerprint density at radius 1 is 1.14 bits per heavy atom. The number of pyridine rings is 1. The van der Waals surface area contributed by atoms with Crippen molar-refractivity contribution in [2.75, 3.05) is 52.2 Å². The van der Waals surface area contributed by atoms with E-state index < -0.39 is 0 Å². The summed E-state index contributed by atoms with van der Waals surface area (Å²) in [4.78, 5) is 9.14. The number of aliphatic hydroxyl groups is 1. The van der Waals surface area contributed by atoms with Crippen LogP contribution in [-0.2, 0) is 6.54 Å². The highest BCUT2D eigenvalue weighted by atomic mass is 32.2. The lowest BCUT2D eigenvalue weighted by atomic mass is 10.1. The molecule has 7 nitrogen and oxygen atoms in total. The molecular formula is C20H26N6OS. The summed E-state index contributed by atoms with van der Waals surface area (Å²) in [6.45, 7) is 4.15. The normalized spacial score (nSPS) is 12.6. The van der Waals surface area contributed by atoms with Crippen LogP contribution >= 0.6 is 11.8 Å². The molecule has 0 unspecified atom stereocenters. The topological polar surface area (TPSA) is 78.2 Å². The lowest BCUT2D eigenvalue weighted by Gasteiger charge is -2.18. The van der Waals surface area contributed by atoms with Crippen molar-refractivity contribution in [1.82, 2.24) is 25.0 Å². The van der Waals surface area contributed by atoms with E-state index in [1.54, 1.807) is 11.8 Å². The predicted octanol–water partition coefficient (Wildman–Crippen LogP) is 2.12. The molecule has 1 aliphatic heterocycles. The summed E-state index contributed by atoms with van der Waals surface area (Å²) in [5.41, 5.74) is 4.21. The number of rotatable bonds is 9. The Balaban J connectivity index is 1.71. The minimum absolute atomic E-state index is 0.159. The van der Waals surface area contributed by atoms with E-state index in [1.807, 2.05) is 12.3 Å². The summed E-state index contributed by atoms with van der Waals surface area (Å²) in [6.07, 6.45) is 1.84. The van der Waals surface area contributed by atoms with Crippen LogP contribution in [-0.4, -0.2) is 71.7 Å². The average molecular weight is 399 g/mol. The molecule has 2 aromatic heterocycles. The van der Waals surface area contributed by atoms with Crippen LogP contribution in [0.2, 0.25) is 0 Å². The maximum atomic E-state index is 8.89. The van der Waals surface area contributed by atoms with E-state index in [9.17, 15) is 0 Å². The number of nitrogens with zero attached hydrogens (tertiary/aromatic N) is 4. The third-order valence-electron chi connectivity index (χ3n) is 4.74.